The van der Waals surface area contributed by atoms with Gasteiger partial charge in [-0.2, -0.15) is 0 Å². The Labute approximate surface area is 92.7 Å². The SMILES string of the molecule is CC(C)C(CC(=O)O)Nc1ncc[nH]c1=O. The van der Waals surface area contributed by atoms with Gasteiger partial charge < -0.3 is 15.4 Å². The van der Waals surface area contributed by atoms with Crippen molar-refractivity contribution in [1.82, 2.24) is 9.97 Å². The second kappa shape index (κ2) is 5.29. The van der Waals surface area contributed by atoms with Crippen molar-refractivity contribution in [3.05, 3.63) is 22.7 Å². The van der Waals surface area contributed by atoms with E-state index >= 15 is 0 Å². The van der Waals surface area contributed by atoms with Crippen molar-refractivity contribution in [3.63, 3.8) is 0 Å². The molecule has 6 heteroatoms. The summed E-state index contributed by atoms with van der Waals surface area (Å²) in [4.78, 5) is 28.3. The molecule has 0 saturated carbocycles. The molecule has 0 radical (unpaired) electrons. The molecule has 0 aliphatic heterocycles. The van der Waals surface area contributed by atoms with Crippen LogP contribution in [0.3, 0.4) is 0 Å². The molecule has 0 spiro atoms. The molecule has 16 heavy (non-hydrogen) atoms. The minimum Gasteiger partial charge on any atom is -0.481 e. The van der Waals surface area contributed by atoms with E-state index in [4.69, 9.17) is 5.11 Å². The van der Waals surface area contributed by atoms with Crippen LogP contribution in [0.15, 0.2) is 17.2 Å². The number of carboxylic acids is 1. The van der Waals surface area contributed by atoms with Gasteiger partial charge in [0.2, 0.25) is 0 Å². The average Bonchev–Trinajstić information content (AvgIpc) is 2.19. The highest BCUT2D eigenvalue weighted by Gasteiger charge is 2.18. The molecule has 0 fully saturated rings. The van der Waals surface area contributed by atoms with Crippen LogP contribution < -0.4 is 10.9 Å². The van der Waals surface area contributed by atoms with E-state index in [0.717, 1.165) is 0 Å². The Hall–Kier alpha value is -1.85. The molecule has 0 aliphatic carbocycles. The summed E-state index contributed by atoms with van der Waals surface area (Å²) in [5, 5.41) is 11.6. The van der Waals surface area contributed by atoms with E-state index < -0.39 is 5.97 Å². The predicted molar refractivity (Wildman–Crippen MR) is 59.4 cm³/mol. The number of nitrogens with zero attached hydrogens (tertiary/aromatic N) is 1. The summed E-state index contributed by atoms with van der Waals surface area (Å²) >= 11 is 0. The molecule has 6 nitrogen and oxygen atoms in total. The zero-order valence-corrected chi connectivity index (χ0v) is 9.23. The molecule has 1 aromatic heterocycles. The van der Waals surface area contributed by atoms with Crippen molar-refractivity contribution in [1.29, 1.82) is 0 Å². The van der Waals surface area contributed by atoms with Gasteiger partial charge in [-0.05, 0) is 5.92 Å². The molecule has 1 aromatic rings. The number of nitrogens with one attached hydrogen (secondary N) is 2. The Kier molecular flexibility index (Phi) is 4.04. The van der Waals surface area contributed by atoms with Crippen LogP contribution in [0.2, 0.25) is 0 Å². The zero-order valence-electron chi connectivity index (χ0n) is 9.23. The molecule has 0 aromatic carbocycles. The normalized spacial score (nSPS) is 12.4. The summed E-state index contributed by atoms with van der Waals surface area (Å²) in [5.74, 6) is -0.654. The Morgan fingerprint density at radius 3 is 2.81 bits per heavy atom. The number of hydrogen-bond acceptors (Lipinski definition) is 4. The van der Waals surface area contributed by atoms with Crippen LogP contribution >= 0.6 is 0 Å². The Morgan fingerprint density at radius 1 is 1.62 bits per heavy atom. The lowest BCUT2D eigenvalue weighted by Gasteiger charge is -2.20. The lowest BCUT2D eigenvalue weighted by Crippen LogP contribution is -2.31. The molecule has 1 atom stereocenters. The van der Waals surface area contributed by atoms with Crippen molar-refractivity contribution in [2.75, 3.05) is 5.32 Å². The van der Waals surface area contributed by atoms with E-state index in [9.17, 15) is 9.59 Å². The number of carboxylic acid groups (broad SMARTS) is 1. The highest BCUT2D eigenvalue weighted by molar-refractivity contribution is 5.68. The maximum atomic E-state index is 11.3. The van der Waals surface area contributed by atoms with Crippen LogP contribution in [0.1, 0.15) is 20.3 Å². The maximum absolute atomic E-state index is 11.3. The zero-order chi connectivity index (χ0) is 12.1. The number of anilines is 1. The summed E-state index contributed by atoms with van der Waals surface area (Å²) in [6.45, 7) is 3.77. The molecule has 1 rings (SSSR count). The number of aromatic nitrogens is 2. The summed E-state index contributed by atoms with van der Waals surface area (Å²) in [5.41, 5.74) is -0.349. The minimum atomic E-state index is -0.904. The van der Waals surface area contributed by atoms with Crippen LogP contribution in [0, 0.1) is 5.92 Å². The first-order chi connectivity index (χ1) is 7.50. The van der Waals surface area contributed by atoms with Crippen LogP contribution in [-0.4, -0.2) is 27.1 Å². The highest BCUT2D eigenvalue weighted by Crippen LogP contribution is 2.10. The van der Waals surface area contributed by atoms with Crippen molar-refractivity contribution in [2.24, 2.45) is 5.92 Å². The maximum Gasteiger partial charge on any atom is 0.305 e. The quantitative estimate of drug-likeness (QED) is 0.685. The van der Waals surface area contributed by atoms with E-state index in [2.05, 4.69) is 15.3 Å². The number of rotatable bonds is 5. The third-order valence-corrected chi connectivity index (χ3v) is 2.23. The van der Waals surface area contributed by atoms with Crippen LogP contribution in [0.4, 0.5) is 5.82 Å². The molecule has 1 heterocycles. The van der Waals surface area contributed by atoms with Crippen molar-refractivity contribution in [2.45, 2.75) is 26.3 Å². The smallest absolute Gasteiger partial charge is 0.305 e. The first kappa shape index (κ1) is 12.2. The molecule has 88 valence electrons. The first-order valence-corrected chi connectivity index (χ1v) is 5.02. The summed E-state index contributed by atoms with van der Waals surface area (Å²) in [6.07, 6.45) is 2.82. The van der Waals surface area contributed by atoms with Crippen molar-refractivity contribution in [3.8, 4) is 0 Å². The largest absolute Gasteiger partial charge is 0.481 e. The molecule has 0 bridgehead atoms. The molecule has 0 amide bonds. The van der Waals surface area contributed by atoms with Gasteiger partial charge in [-0.15, -0.1) is 0 Å². The second-order valence-corrected chi connectivity index (χ2v) is 3.86. The van der Waals surface area contributed by atoms with Gasteiger partial charge in [0.05, 0.1) is 6.42 Å². The van der Waals surface area contributed by atoms with Gasteiger partial charge in [-0.1, -0.05) is 13.8 Å². The Balaban J connectivity index is 2.80. The van der Waals surface area contributed by atoms with Crippen LogP contribution in [-0.2, 0) is 4.79 Å². The van der Waals surface area contributed by atoms with E-state index in [1.807, 2.05) is 13.8 Å². The van der Waals surface area contributed by atoms with E-state index in [1.54, 1.807) is 0 Å². The lowest BCUT2D eigenvalue weighted by molar-refractivity contribution is -0.137. The number of hydrogen-bond donors (Lipinski definition) is 3. The van der Waals surface area contributed by atoms with E-state index in [-0.39, 0.29) is 29.8 Å². The van der Waals surface area contributed by atoms with Crippen molar-refractivity contribution >= 4 is 11.8 Å². The van der Waals surface area contributed by atoms with Gasteiger partial charge in [0.1, 0.15) is 0 Å². The summed E-state index contributed by atoms with van der Waals surface area (Å²) < 4.78 is 0. The fourth-order valence-corrected chi connectivity index (χ4v) is 1.27. The topological polar surface area (TPSA) is 95.1 Å². The third-order valence-electron chi connectivity index (χ3n) is 2.23. The summed E-state index contributed by atoms with van der Waals surface area (Å²) in [7, 11) is 0. The van der Waals surface area contributed by atoms with Gasteiger partial charge in [0, 0.05) is 18.4 Å². The Morgan fingerprint density at radius 2 is 2.31 bits per heavy atom. The van der Waals surface area contributed by atoms with Crippen LogP contribution in [0.5, 0.6) is 0 Å². The highest BCUT2D eigenvalue weighted by atomic mass is 16.4. The van der Waals surface area contributed by atoms with E-state index in [1.165, 1.54) is 12.4 Å². The number of H-pyrrole nitrogens is 1. The second-order valence-electron chi connectivity index (χ2n) is 3.86. The molecular formula is C10H15N3O3. The lowest BCUT2D eigenvalue weighted by atomic mass is 10.0. The standard InChI is InChI=1S/C10H15N3O3/c1-6(2)7(5-8(14)15)13-9-10(16)12-4-3-11-9/h3-4,6-7H,5H2,1-2H3,(H,11,13)(H,12,16)(H,14,15). The van der Waals surface area contributed by atoms with E-state index in [0.29, 0.717) is 0 Å². The minimum absolute atomic E-state index is 0.0479. The Bertz CT molecular complexity index is 414. The van der Waals surface area contributed by atoms with Gasteiger partial charge >= 0.3 is 5.97 Å². The van der Waals surface area contributed by atoms with Gasteiger partial charge in [-0.3, -0.25) is 9.59 Å². The van der Waals surface area contributed by atoms with Crippen molar-refractivity contribution < 1.29 is 9.90 Å². The van der Waals surface area contributed by atoms with Crippen LogP contribution in [0.25, 0.3) is 0 Å². The monoisotopic (exact) mass is 225 g/mol. The molecule has 0 saturated heterocycles. The van der Waals surface area contributed by atoms with Gasteiger partial charge in [0.15, 0.2) is 5.82 Å². The third kappa shape index (κ3) is 3.38. The number of aromatic amines is 1. The fraction of sp³-hybridized carbons (Fsp3) is 0.500. The van der Waals surface area contributed by atoms with Gasteiger partial charge in [0.25, 0.3) is 5.56 Å². The molecular weight excluding hydrogens is 210 g/mol. The molecule has 3 N–H and O–H groups in total. The predicted octanol–water partition coefficient (Wildman–Crippen LogP) is 0.681. The number of carbonyl (C=O) groups is 1. The fourth-order valence-electron chi connectivity index (χ4n) is 1.27. The number of aliphatic carboxylic acids is 1. The summed E-state index contributed by atoms with van der Waals surface area (Å²) in [6, 6.07) is -0.312. The molecule has 1 unspecified atom stereocenters. The van der Waals surface area contributed by atoms with Gasteiger partial charge in [-0.25, -0.2) is 4.98 Å². The average molecular weight is 225 g/mol. The first-order valence-electron chi connectivity index (χ1n) is 5.02. The molecule has 0 aliphatic rings.